The normalized spacial score (nSPS) is 53.7. The van der Waals surface area contributed by atoms with Gasteiger partial charge in [-0.15, -0.1) is 0 Å². The minimum Gasteiger partial charge on any atom is -0.299 e. The van der Waals surface area contributed by atoms with Gasteiger partial charge in [-0.3, -0.25) is 9.78 Å². The number of pyridine rings is 1. The minimum atomic E-state index is -0.140. The van der Waals surface area contributed by atoms with Crippen molar-refractivity contribution >= 4 is 11.9 Å². The molecule has 1 heterocycles. The van der Waals surface area contributed by atoms with Crippen molar-refractivity contribution in [2.24, 2.45) is 92.2 Å². The van der Waals surface area contributed by atoms with Gasteiger partial charge in [-0.2, -0.15) is 0 Å². The summed E-state index contributed by atoms with van der Waals surface area (Å²) < 4.78 is 0. The average Bonchev–Trinajstić information content (AvgIpc) is 3.66. The second-order valence-corrected chi connectivity index (χ2v) is 21.8. The van der Waals surface area contributed by atoms with E-state index in [9.17, 15) is 4.79 Å². The predicted octanol–water partition coefficient (Wildman–Crippen LogP) is 13.0. The molecule has 1 aromatic rings. The van der Waals surface area contributed by atoms with E-state index in [1.165, 1.54) is 115 Å². The summed E-state index contributed by atoms with van der Waals surface area (Å²) in [5, 5.41) is 0. The highest BCUT2D eigenvalue weighted by molar-refractivity contribution is 5.86. The number of fused-ring (bicyclic) bond motifs is 10. The molecule has 0 bridgehead atoms. The van der Waals surface area contributed by atoms with Crippen LogP contribution in [0.4, 0.5) is 0 Å². The molecule has 0 amide bonds. The van der Waals surface area contributed by atoms with Crippen molar-refractivity contribution < 1.29 is 4.79 Å². The van der Waals surface area contributed by atoms with Crippen LogP contribution in [0.5, 0.6) is 0 Å². The van der Waals surface area contributed by atoms with Crippen molar-refractivity contribution in [2.45, 2.75) is 164 Å². The molecule has 2 heteroatoms. The number of Topliss-reactive ketones (excluding diaryl/α,β-unsaturated/α-hetero) is 1. The fraction of sp³-hybridized carbons (Fsp3) is 0.837. The van der Waals surface area contributed by atoms with Crippen molar-refractivity contribution in [1.29, 1.82) is 0 Å². The maximum atomic E-state index is 15.0. The van der Waals surface area contributed by atoms with E-state index in [2.05, 4.69) is 71.7 Å². The van der Waals surface area contributed by atoms with Gasteiger partial charge >= 0.3 is 0 Å². The maximum Gasteiger partial charge on any atom is 0.139 e. The summed E-state index contributed by atoms with van der Waals surface area (Å²) in [7, 11) is 0. The molecule has 0 spiro atoms. The Morgan fingerprint density at radius 1 is 0.706 bits per heavy atom. The van der Waals surface area contributed by atoms with Crippen LogP contribution in [-0.4, -0.2) is 10.8 Å². The van der Waals surface area contributed by atoms with Gasteiger partial charge in [0.05, 0.1) is 0 Å². The summed E-state index contributed by atoms with van der Waals surface area (Å²) >= 11 is 0. The molecule has 0 radical (unpaired) electrons. The van der Waals surface area contributed by atoms with Crippen LogP contribution in [0.15, 0.2) is 30.1 Å². The zero-order chi connectivity index (χ0) is 35.6. The van der Waals surface area contributed by atoms with Gasteiger partial charge in [0, 0.05) is 24.2 Å². The van der Waals surface area contributed by atoms with E-state index in [1.54, 1.807) is 5.57 Å². The first-order valence-corrected chi connectivity index (χ1v) is 22.5. The van der Waals surface area contributed by atoms with Gasteiger partial charge in [0.25, 0.3) is 0 Å². The summed E-state index contributed by atoms with van der Waals surface area (Å²) in [5.74, 6) is 9.53. The van der Waals surface area contributed by atoms with Crippen LogP contribution in [0.2, 0.25) is 0 Å². The number of ketones is 1. The Morgan fingerprint density at radius 3 is 2.16 bits per heavy atom. The first-order valence-electron chi connectivity index (χ1n) is 22.5. The molecule has 0 aliphatic heterocycles. The van der Waals surface area contributed by atoms with Gasteiger partial charge in [0.15, 0.2) is 0 Å². The summed E-state index contributed by atoms with van der Waals surface area (Å²) in [4.78, 5) is 19.2. The first-order chi connectivity index (χ1) is 24.4. The lowest BCUT2D eigenvalue weighted by molar-refractivity contribution is -0.212. The average molecular weight is 692 g/mol. The summed E-state index contributed by atoms with van der Waals surface area (Å²) in [6.45, 7) is 18.5. The molecule has 51 heavy (non-hydrogen) atoms. The van der Waals surface area contributed by atoms with E-state index in [1.807, 2.05) is 12.4 Å². The molecule has 0 aromatic carbocycles. The van der Waals surface area contributed by atoms with Crippen molar-refractivity contribution in [1.82, 2.24) is 4.98 Å². The third-order valence-electron chi connectivity index (χ3n) is 20.9. The van der Waals surface area contributed by atoms with Gasteiger partial charge in [-0.05, 0) is 208 Å². The quantitative estimate of drug-likeness (QED) is 0.315. The van der Waals surface area contributed by atoms with E-state index in [-0.39, 0.29) is 5.41 Å². The van der Waals surface area contributed by atoms with E-state index < -0.39 is 0 Å². The lowest BCUT2D eigenvalue weighted by Gasteiger charge is -2.69. The third-order valence-corrected chi connectivity index (χ3v) is 20.9. The molecule has 0 saturated heterocycles. The summed E-state index contributed by atoms with van der Waals surface area (Å²) in [6.07, 6.45) is 30.9. The molecule has 16 atom stereocenters. The van der Waals surface area contributed by atoms with Crippen molar-refractivity contribution in [2.75, 3.05) is 0 Å². The van der Waals surface area contributed by atoms with Crippen LogP contribution < -0.4 is 0 Å². The van der Waals surface area contributed by atoms with E-state index in [4.69, 9.17) is 0 Å². The molecule has 4 unspecified atom stereocenters. The summed E-state index contributed by atoms with van der Waals surface area (Å²) in [6, 6.07) is 4.34. The van der Waals surface area contributed by atoms with Gasteiger partial charge < -0.3 is 0 Å². The molecule has 8 aliphatic rings. The molecule has 2 nitrogen and oxygen atoms in total. The largest absolute Gasteiger partial charge is 0.299 e. The topological polar surface area (TPSA) is 30.0 Å². The molecule has 0 N–H and O–H groups in total. The second kappa shape index (κ2) is 12.3. The number of carbonyl (C=O) groups is 1. The zero-order valence-electron chi connectivity index (χ0n) is 33.8. The highest BCUT2D eigenvalue weighted by Crippen LogP contribution is 2.75. The Bertz CT molecular complexity index is 1530. The lowest BCUT2D eigenvalue weighted by Crippen LogP contribution is -2.65. The molecular weight excluding hydrogens is 619 g/mol. The van der Waals surface area contributed by atoms with Crippen LogP contribution >= 0.6 is 0 Å². The number of nitrogens with zero attached hydrogens (tertiary/aromatic N) is 1. The third kappa shape index (κ3) is 4.77. The number of allylic oxidation sites excluding steroid dienone is 1. The van der Waals surface area contributed by atoms with Crippen LogP contribution in [-0.2, 0) is 4.79 Å². The molecular formula is C49H73NO. The fourth-order valence-corrected chi connectivity index (χ4v) is 18.7. The Labute approximate surface area is 312 Å². The van der Waals surface area contributed by atoms with Crippen LogP contribution in [0, 0.1) is 92.2 Å². The molecule has 1 aromatic heterocycles. The SMILES string of the molecule is CC[C@H]1CC[C@H]2[C@@H]3CCC4CCCC(C5(C)C(=O)CC[C@@]6(C)C5CC[C@H]5[C@@H]7CC[C@H](/C(C)=C/c8ccncc8)[C@@]7(C)CC[C@@H]56)[C@]4(C)[C@H]3CC[C@]12C. The maximum absolute atomic E-state index is 15.0. The van der Waals surface area contributed by atoms with Crippen LogP contribution in [0.25, 0.3) is 6.08 Å². The Kier molecular flexibility index (Phi) is 8.50. The van der Waals surface area contributed by atoms with Crippen molar-refractivity contribution in [3.05, 3.63) is 35.7 Å². The minimum absolute atomic E-state index is 0.140. The number of aromatic nitrogens is 1. The van der Waals surface area contributed by atoms with E-state index >= 15 is 0 Å². The Morgan fingerprint density at radius 2 is 1.37 bits per heavy atom. The second-order valence-electron chi connectivity index (χ2n) is 21.8. The van der Waals surface area contributed by atoms with Crippen LogP contribution in [0.3, 0.4) is 0 Å². The summed E-state index contributed by atoms with van der Waals surface area (Å²) in [5.41, 5.74) is 4.41. The highest BCUT2D eigenvalue weighted by atomic mass is 16.1. The monoisotopic (exact) mass is 692 g/mol. The first kappa shape index (κ1) is 35.3. The van der Waals surface area contributed by atoms with Crippen molar-refractivity contribution in [3.63, 3.8) is 0 Å². The lowest BCUT2D eigenvalue weighted by atomic mass is 9.34. The van der Waals surface area contributed by atoms with Gasteiger partial charge in [0.1, 0.15) is 5.78 Å². The van der Waals surface area contributed by atoms with Gasteiger partial charge in [-0.25, -0.2) is 0 Å². The molecule has 8 fully saturated rings. The molecule has 8 saturated carbocycles. The Balaban J connectivity index is 1.02. The van der Waals surface area contributed by atoms with Crippen molar-refractivity contribution in [3.8, 4) is 0 Å². The van der Waals surface area contributed by atoms with Crippen LogP contribution in [0.1, 0.15) is 170 Å². The smallest absolute Gasteiger partial charge is 0.139 e. The molecule has 8 aliphatic carbocycles. The number of carbonyl (C=O) groups excluding carboxylic acids is 1. The number of rotatable bonds is 4. The Hall–Kier alpha value is -1.44. The van der Waals surface area contributed by atoms with E-state index in [0.29, 0.717) is 45.2 Å². The fourth-order valence-electron chi connectivity index (χ4n) is 18.7. The van der Waals surface area contributed by atoms with Gasteiger partial charge in [-0.1, -0.05) is 66.0 Å². The van der Waals surface area contributed by atoms with Gasteiger partial charge in [0.2, 0.25) is 0 Å². The predicted molar refractivity (Wildman–Crippen MR) is 211 cm³/mol. The number of hydrogen-bond donors (Lipinski definition) is 0. The standard InChI is InChI=1S/C49H73NO/c1-8-33-13-16-38-36-14-12-34-10-9-11-43(48(34,6)41(36)21-25-45(33,38)3)49(7)42-19-15-35-39-18-17-37(31(2)30-32-23-28-50-29-24-32)46(39,4)26-20-40(35)47(42,5)27-22-44(49)51/h23-24,28-30,33-43H,8-22,25-27H2,1-7H3/b31-30+/t33-,34?,35-,36-,37+,38-,39-,40-,41-,42?,43?,45+,46+,47+,48-,49?/m0/s1. The zero-order valence-corrected chi connectivity index (χ0v) is 33.8. The molecule has 9 rings (SSSR count). The van der Waals surface area contributed by atoms with E-state index in [0.717, 1.165) is 53.8 Å². The highest BCUT2D eigenvalue weighted by Gasteiger charge is 2.70. The molecule has 280 valence electrons. The number of hydrogen-bond acceptors (Lipinski definition) is 2.